The van der Waals surface area contributed by atoms with E-state index in [4.69, 9.17) is 4.74 Å². The van der Waals surface area contributed by atoms with Crippen molar-refractivity contribution in [2.75, 3.05) is 26.0 Å². The summed E-state index contributed by atoms with van der Waals surface area (Å²) < 4.78 is 29.7. The number of hydrogen-bond donors (Lipinski definition) is 2. The van der Waals surface area contributed by atoms with Crippen LogP contribution in [-0.2, 0) is 14.8 Å². The van der Waals surface area contributed by atoms with Gasteiger partial charge in [-0.25, -0.2) is 13.1 Å². The van der Waals surface area contributed by atoms with Crippen LogP contribution in [0, 0.1) is 0 Å². The molecule has 0 bridgehead atoms. The topological polar surface area (TPSA) is 67.4 Å². The van der Waals surface area contributed by atoms with Crippen molar-refractivity contribution in [1.82, 2.24) is 10.0 Å². The molecule has 1 aliphatic rings. The molecule has 2 atom stereocenters. The predicted octanol–water partition coefficient (Wildman–Crippen LogP) is -1.09. The Hall–Kier alpha value is -0.170. The number of ether oxygens (including phenoxy) is 1. The van der Waals surface area contributed by atoms with E-state index in [1.54, 1.807) is 6.92 Å². The SMILES string of the molecule is CC(NS(C)(=O)=O)C1CNCCO1. The maximum Gasteiger partial charge on any atom is 0.209 e. The van der Waals surface area contributed by atoms with Gasteiger partial charge in [-0.05, 0) is 6.92 Å². The average molecular weight is 208 g/mol. The lowest BCUT2D eigenvalue weighted by atomic mass is 10.2. The third kappa shape index (κ3) is 4.04. The molecule has 0 aromatic rings. The highest BCUT2D eigenvalue weighted by atomic mass is 32.2. The maximum absolute atomic E-state index is 10.9. The van der Waals surface area contributed by atoms with Crippen LogP contribution in [0.1, 0.15) is 6.92 Å². The molecular formula is C7H16N2O3S. The largest absolute Gasteiger partial charge is 0.374 e. The van der Waals surface area contributed by atoms with Gasteiger partial charge in [-0.3, -0.25) is 0 Å². The lowest BCUT2D eigenvalue weighted by molar-refractivity contribution is 0.0130. The van der Waals surface area contributed by atoms with Crippen LogP contribution in [0.2, 0.25) is 0 Å². The van der Waals surface area contributed by atoms with Crippen molar-refractivity contribution in [3.63, 3.8) is 0 Å². The summed E-state index contributed by atoms with van der Waals surface area (Å²) in [5.41, 5.74) is 0. The first-order valence-electron chi connectivity index (χ1n) is 4.28. The molecule has 0 spiro atoms. The van der Waals surface area contributed by atoms with Gasteiger partial charge in [0.15, 0.2) is 0 Å². The Balaban J connectivity index is 2.42. The molecule has 0 aromatic heterocycles. The highest BCUT2D eigenvalue weighted by molar-refractivity contribution is 7.88. The van der Waals surface area contributed by atoms with Crippen molar-refractivity contribution in [1.29, 1.82) is 0 Å². The molecule has 1 fully saturated rings. The zero-order valence-corrected chi connectivity index (χ0v) is 8.73. The zero-order chi connectivity index (χ0) is 9.90. The first-order valence-corrected chi connectivity index (χ1v) is 6.18. The van der Waals surface area contributed by atoms with Crippen molar-refractivity contribution < 1.29 is 13.2 Å². The normalized spacial score (nSPS) is 27.1. The summed E-state index contributed by atoms with van der Waals surface area (Å²) in [5, 5.41) is 3.14. The van der Waals surface area contributed by atoms with E-state index in [1.165, 1.54) is 0 Å². The Morgan fingerprint density at radius 1 is 1.62 bits per heavy atom. The van der Waals surface area contributed by atoms with Crippen LogP contribution < -0.4 is 10.0 Å². The first-order chi connectivity index (χ1) is 5.99. The minimum absolute atomic E-state index is 0.0662. The van der Waals surface area contributed by atoms with E-state index in [1.807, 2.05) is 0 Å². The van der Waals surface area contributed by atoms with Gasteiger partial charge in [0, 0.05) is 19.1 Å². The summed E-state index contributed by atoms with van der Waals surface area (Å²) in [6.07, 6.45) is 1.09. The van der Waals surface area contributed by atoms with Crippen molar-refractivity contribution >= 4 is 10.0 Å². The molecule has 13 heavy (non-hydrogen) atoms. The van der Waals surface area contributed by atoms with Crippen molar-refractivity contribution in [3.8, 4) is 0 Å². The predicted molar refractivity (Wildman–Crippen MR) is 50.1 cm³/mol. The molecule has 6 heteroatoms. The Morgan fingerprint density at radius 3 is 2.77 bits per heavy atom. The maximum atomic E-state index is 10.9. The molecule has 78 valence electrons. The van der Waals surface area contributed by atoms with Gasteiger partial charge in [0.05, 0.1) is 19.0 Å². The van der Waals surface area contributed by atoms with E-state index < -0.39 is 10.0 Å². The number of nitrogens with one attached hydrogen (secondary N) is 2. The molecular weight excluding hydrogens is 192 g/mol. The molecule has 0 saturated carbocycles. The Labute approximate surface area is 78.9 Å². The molecule has 0 aromatic carbocycles. The first kappa shape index (κ1) is 10.9. The summed E-state index contributed by atoms with van der Waals surface area (Å²) in [7, 11) is -3.13. The monoisotopic (exact) mass is 208 g/mol. The zero-order valence-electron chi connectivity index (χ0n) is 7.91. The van der Waals surface area contributed by atoms with Gasteiger partial charge in [-0.1, -0.05) is 0 Å². The standard InChI is InChI=1S/C7H16N2O3S/c1-6(9-13(2,10)11)7-5-8-3-4-12-7/h6-9H,3-5H2,1-2H3. The fourth-order valence-electron chi connectivity index (χ4n) is 1.32. The second-order valence-electron chi connectivity index (χ2n) is 3.29. The summed E-state index contributed by atoms with van der Waals surface area (Å²) in [5.74, 6) is 0. The molecule has 1 saturated heterocycles. The van der Waals surface area contributed by atoms with Crippen LogP contribution in [-0.4, -0.2) is 46.5 Å². The smallest absolute Gasteiger partial charge is 0.209 e. The molecule has 5 nitrogen and oxygen atoms in total. The van der Waals surface area contributed by atoms with Crippen molar-refractivity contribution in [3.05, 3.63) is 0 Å². The minimum atomic E-state index is -3.13. The van der Waals surface area contributed by atoms with E-state index >= 15 is 0 Å². The van der Waals surface area contributed by atoms with E-state index in [0.717, 1.165) is 12.8 Å². The average Bonchev–Trinajstić information content (AvgIpc) is 2.03. The molecule has 1 aliphatic heterocycles. The number of rotatable bonds is 3. The lowest BCUT2D eigenvalue weighted by Crippen LogP contribution is -2.50. The van der Waals surface area contributed by atoms with Gasteiger partial charge in [0.25, 0.3) is 0 Å². The quantitative estimate of drug-likeness (QED) is 0.618. The van der Waals surface area contributed by atoms with Crippen LogP contribution >= 0.6 is 0 Å². The Bertz CT molecular complexity index is 246. The van der Waals surface area contributed by atoms with Crippen LogP contribution in [0.25, 0.3) is 0 Å². The van der Waals surface area contributed by atoms with Gasteiger partial charge >= 0.3 is 0 Å². The summed E-state index contributed by atoms with van der Waals surface area (Å²) in [4.78, 5) is 0. The fraction of sp³-hybridized carbons (Fsp3) is 1.00. The molecule has 0 radical (unpaired) electrons. The Kier molecular flexibility index (Phi) is 3.66. The summed E-state index contributed by atoms with van der Waals surface area (Å²) in [6.45, 7) is 3.98. The van der Waals surface area contributed by atoms with Gasteiger partial charge in [0.1, 0.15) is 0 Å². The highest BCUT2D eigenvalue weighted by Gasteiger charge is 2.22. The third-order valence-corrected chi connectivity index (χ3v) is 2.71. The molecule has 0 aliphatic carbocycles. The van der Waals surface area contributed by atoms with Gasteiger partial charge in [0.2, 0.25) is 10.0 Å². The van der Waals surface area contributed by atoms with Crippen LogP contribution in [0.5, 0.6) is 0 Å². The van der Waals surface area contributed by atoms with Crippen LogP contribution in [0.3, 0.4) is 0 Å². The van der Waals surface area contributed by atoms with Crippen molar-refractivity contribution in [2.24, 2.45) is 0 Å². The second kappa shape index (κ2) is 4.36. The van der Waals surface area contributed by atoms with E-state index in [9.17, 15) is 8.42 Å². The summed E-state index contributed by atoms with van der Waals surface area (Å²) in [6, 6.07) is -0.178. The van der Waals surface area contributed by atoms with Crippen LogP contribution in [0.4, 0.5) is 0 Å². The van der Waals surface area contributed by atoms with E-state index in [2.05, 4.69) is 10.0 Å². The number of sulfonamides is 1. The fourth-order valence-corrected chi connectivity index (χ4v) is 2.15. The molecule has 1 rings (SSSR count). The third-order valence-electron chi connectivity index (χ3n) is 1.91. The molecule has 2 unspecified atom stereocenters. The highest BCUT2D eigenvalue weighted by Crippen LogP contribution is 2.02. The lowest BCUT2D eigenvalue weighted by Gasteiger charge is -2.28. The van der Waals surface area contributed by atoms with Gasteiger partial charge in [-0.2, -0.15) is 0 Å². The van der Waals surface area contributed by atoms with Gasteiger partial charge in [-0.15, -0.1) is 0 Å². The molecule has 0 amide bonds. The second-order valence-corrected chi connectivity index (χ2v) is 5.07. The van der Waals surface area contributed by atoms with E-state index in [-0.39, 0.29) is 12.1 Å². The van der Waals surface area contributed by atoms with Gasteiger partial charge < -0.3 is 10.1 Å². The number of morpholine rings is 1. The van der Waals surface area contributed by atoms with Crippen LogP contribution in [0.15, 0.2) is 0 Å². The number of hydrogen-bond acceptors (Lipinski definition) is 4. The molecule has 1 heterocycles. The van der Waals surface area contributed by atoms with E-state index in [0.29, 0.717) is 13.2 Å². The van der Waals surface area contributed by atoms with Crippen molar-refractivity contribution in [2.45, 2.75) is 19.1 Å². The summed E-state index contributed by atoms with van der Waals surface area (Å²) >= 11 is 0. The molecule has 2 N–H and O–H groups in total. The Morgan fingerprint density at radius 2 is 2.31 bits per heavy atom. The minimum Gasteiger partial charge on any atom is -0.374 e.